The molecule has 0 radical (unpaired) electrons. The summed E-state index contributed by atoms with van der Waals surface area (Å²) in [6, 6.07) is 8.00. The maximum Gasteiger partial charge on any atom is 0.276 e. The van der Waals surface area contributed by atoms with Crippen molar-refractivity contribution in [3.63, 3.8) is 0 Å². The molecule has 1 amide bonds. The Morgan fingerprint density at radius 3 is 2.69 bits per heavy atom. The number of aryl methyl sites for hydroxylation is 1. The summed E-state index contributed by atoms with van der Waals surface area (Å²) in [5.41, 5.74) is 2.28. The van der Waals surface area contributed by atoms with Crippen molar-refractivity contribution >= 4 is 5.91 Å². The number of hydrogen-bond acceptors (Lipinski definition) is 5. The van der Waals surface area contributed by atoms with Crippen molar-refractivity contribution in [2.45, 2.75) is 38.8 Å². The van der Waals surface area contributed by atoms with E-state index in [9.17, 15) is 9.90 Å². The van der Waals surface area contributed by atoms with E-state index in [1.54, 1.807) is 15.8 Å². The highest BCUT2D eigenvalue weighted by molar-refractivity contribution is 5.91. The van der Waals surface area contributed by atoms with E-state index in [4.69, 9.17) is 0 Å². The Labute approximate surface area is 154 Å². The quantitative estimate of drug-likeness (QED) is 0.822. The largest absolute Gasteiger partial charge is 0.387 e. The molecule has 0 saturated carbocycles. The number of benzene rings is 1. The number of amides is 1. The van der Waals surface area contributed by atoms with Crippen LogP contribution in [0.5, 0.6) is 0 Å². The molecule has 7 heteroatoms. The van der Waals surface area contributed by atoms with Gasteiger partial charge in [0.05, 0.1) is 24.9 Å². The van der Waals surface area contributed by atoms with Gasteiger partial charge in [-0.2, -0.15) is 0 Å². The number of rotatable bonds is 6. The number of piperidine rings is 1. The standard InChI is InChI=1S/C19H27N5O2/c1-3-23(13-18(25)15-6-4-14(2)5-7-15)19(26)17-12-24(22-21-17)16-8-10-20-11-9-16/h4-7,12,16,18,20,25H,3,8-11,13H2,1-2H3. The molecular formula is C19H27N5O2. The highest BCUT2D eigenvalue weighted by atomic mass is 16.3. The molecule has 140 valence electrons. The Morgan fingerprint density at radius 1 is 1.35 bits per heavy atom. The van der Waals surface area contributed by atoms with Crippen LogP contribution in [-0.2, 0) is 0 Å². The molecule has 26 heavy (non-hydrogen) atoms. The lowest BCUT2D eigenvalue weighted by atomic mass is 10.1. The summed E-state index contributed by atoms with van der Waals surface area (Å²) in [6.07, 6.45) is 2.99. The van der Waals surface area contributed by atoms with E-state index in [1.165, 1.54) is 0 Å². The second-order valence-corrected chi connectivity index (χ2v) is 6.84. The molecule has 1 aromatic heterocycles. The zero-order valence-corrected chi connectivity index (χ0v) is 15.4. The van der Waals surface area contributed by atoms with E-state index in [-0.39, 0.29) is 12.5 Å². The number of nitrogens with zero attached hydrogens (tertiary/aromatic N) is 4. The normalized spacial score (nSPS) is 16.4. The molecule has 1 fully saturated rings. The molecule has 2 N–H and O–H groups in total. The maximum absolute atomic E-state index is 12.8. The summed E-state index contributed by atoms with van der Waals surface area (Å²) in [5, 5.41) is 22.0. The summed E-state index contributed by atoms with van der Waals surface area (Å²) >= 11 is 0. The van der Waals surface area contributed by atoms with Crippen LogP contribution in [0.15, 0.2) is 30.5 Å². The van der Waals surface area contributed by atoms with Crippen LogP contribution >= 0.6 is 0 Å². The minimum absolute atomic E-state index is 0.196. The first kappa shape index (κ1) is 18.5. The first-order valence-corrected chi connectivity index (χ1v) is 9.25. The van der Waals surface area contributed by atoms with Gasteiger partial charge in [0.1, 0.15) is 0 Å². The third-order valence-electron chi connectivity index (χ3n) is 4.94. The van der Waals surface area contributed by atoms with Gasteiger partial charge in [-0.1, -0.05) is 35.0 Å². The second-order valence-electron chi connectivity index (χ2n) is 6.84. The first-order chi connectivity index (χ1) is 12.6. The molecule has 1 saturated heterocycles. The maximum atomic E-state index is 12.8. The van der Waals surface area contributed by atoms with Crippen molar-refractivity contribution in [2.75, 3.05) is 26.2 Å². The zero-order chi connectivity index (χ0) is 18.5. The topological polar surface area (TPSA) is 83.3 Å². The Bertz CT molecular complexity index is 722. The van der Waals surface area contributed by atoms with Crippen molar-refractivity contribution in [1.29, 1.82) is 0 Å². The first-order valence-electron chi connectivity index (χ1n) is 9.25. The molecule has 1 atom stereocenters. The number of likely N-dealkylation sites (N-methyl/N-ethyl adjacent to an activating group) is 1. The number of aromatic nitrogens is 3. The van der Waals surface area contributed by atoms with Crippen molar-refractivity contribution < 1.29 is 9.90 Å². The van der Waals surface area contributed by atoms with Gasteiger partial charge in [0.15, 0.2) is 5.69 Å². The van der Waals surface area contributed by atoms with Gasteiger partial charge in [0, 0.05) is 6.54 Å². The highest BCUT2D eigenvalue weighted by Gasteiger charge is 2.23. The number of aliphatic hydroxyl groups is 1. The lowest BCUT2D eigenvalue weighted by molar-refractivity contribution is 0.0629. The Morgan fingerprint density at radius 2 is 2.04 bits per heavy atom. The predicted octanol–water partition coefficient (Wildman–Crippen LogP) is 1.71. The van der Waals surface area contributed by atoms with Crippen molar-refractivity contribution in [3.8, 4) is 0 Å². The molecule has 1 aliphatic heterocycles. The van der Waals surface area contributed by atoms with Crippen molar-refractivity contribution in [2.24, 2.45) is 0 Å². The van der Waals surface area contributed by atoms with Gasteiger partial charge in [0.2, 0.25) is 0 Å². The smallest absolute Gasteiger partial charge is 0.276 e. The molecule has 3 rings (SSSR count). The molecule has 2 aromatic rings. The Kier molecular flexibility index (Phi) is 6.00. The van der Waals surface area contributed by atoms with Crippen LogP contribution in [0.1, 0.15) is 53.5 Å². The number of carbonyl (C=O) groups excluding carboxylic acids is 1. The molecule has 2 heterocycles. The van der Waals surface area contributed by atoms with Gasteiger partial charge >= 0.3 is 0 Å². The lowest BCUT2D eigenvalue weighted by Crippen LogP contribution is -2.35. The van der Waals surface area contributed by atoms with Crippen LogP contribution in [0.2, 0.25) is 0 Å². The van der Waals surface area contributed by atoms with Crippen LogP contribution < -0.4 is 5.32 Å². The Hall–Kier alpha value is -2.25. The van der Waals surface area contributed by atoms with Crippen LogP contribution in [-0.4, -0.2) is 57.1 Å². The van der Waals surface area contributed by atoms with Gasteiger partial charge in [-0.25, -0.2) is 4.68 Å². The van der Waals surface area contributed by atoms with Crippen molar-refractivity contribution in [3.05, 3.63) is 47.3 Å². The summed E-state index contributed by atoms with van der Waals surface area (Å²) in [4.78, 5) is 14.4. The SMILES string of the molecule is CCN(CC(O)c1ccc(C)cc1)C(=O)c1cn(C2CCNCC2)nn1. The summed E-state index contributed by atoms with van der Waals surface area (Å²) < 4.78 is 1.80. The van der Waals surface area contributed by atoms with E-state index in [1.807, 2.05) is 38.1 Å². The molecular weight excluding hydrogens is 330 g/mol. The van der Waals surface area contributed by atoms with E-state index < -0.39 is 6.10 Å². The minimum Gasteiger partial charge on any atom is -0.387 e. The fraction of sp³-hybridized carbons (Fsp3) is 0.526. The predicted molar refractivity (Wildman–Crippen MR) is 98.9 cm³/mol. The van der Waals surface area contributed by atoms with Gasteiger partial charge in [-0.05, 0) is 45.3 Å². The molecule has 0 bridgehead atoms. The van der Waals surface area contributed by atoms with Crippen LogP contribution in [0.4, 0.5) is 0 Å². The second kappa shape index (κ2) is 8.42. The molecule has 7 nitrogen and oxygen atoms in total. The summed E-state index contributed by atoms with van der Waals surface area (Å²) in [6.45, 7) is 6.55. The van der Waals surface area contributed by atoms with Crippen LogP contribution in [0.3, 0.4) is 0 Å². The van der Waals surface area contributed by atoms with E-state index in [0.29, 0.717) is 18.3 Å². The number of hydrogen-bond donors (Lipinski definition) is 2. The summed E-state index contributed by atoms with van der Waals surface area (Å²) in [5.74, 6) is -0.196. The zero-order valence-electron chi connectivity index (χ0n) is 15.4. The van der Waals surface area contributed by atoms with Crippen LogP contribution in [0, 0.1) is 6.92 Å². The monoisotopic (exact) mass is 357 g/mol. The number of aliphatic hydroxyl groups excluding tert-OH is 1. The van der Waals surface area contributed by atoms with Crippen LogP contribution in [0.25, 0.3) is 0 Å². The number of nitrogens with one attached hydrogen (secondary N) is 1. The van der Waals surface area contributed by atoms with E-state index >= 15 is 0 Å². The van der Waals surface area contributed by atoms with Gasteiger partial charge < -0.3 is 15.3 Å². The third-order valence-corrected chi connectivity index (χ3v) is 4.94. The fourth-order valence-electron chi connectivity index (χ4n) is 3.24. The van der Waals surface area contributed by atoms with Crippen molar-refractivity contribution in [1.82, 2.24) is 25.2 Å². The number of carbonyl (C=O) groups is 1. The minimum atomic E-state index is -0.723. The highest BCUT2D eigenvalue weighted by Crippen LogP contribution is 2.19. The van der Waals surface area contributed by atoms with Gasteiger partial charge in [-0.15, -0.1) is 5.10 Å². The lowest BCUT2D eigenvalue weighted by Gasteiger charge is -2.23. The fourth-order valence-corrected chi connectivity index (χ4v) is 3.24. The summed E-state index contributed by atoms with van der Waals surface area (Å²) in [7, 11) is 0. The van der Waals surface area contributed by atoms with Gasteiger partial charge in [-0.3, -0.25) is 4.79 Å². The van der Waals surface area contributed by atoms with E-state index in [2.05, 4.69) is 15.6 Å². The van der Waals surface area contributed by atoms with E-state index in [0.717, 1.165) is 37.1 Å². The van der Waals surface area contributed by atoms with Gasteiger partial charge in [0.25, 0.3) is 5.91 Å². The molecule has 0 spiro atoms. The molecule has 0 aliphatic carbocycles. The molecule has 1 unspecified atom stereocenters. The molecule has 1 aliphatic rings. The average molecular weight is 357 g/mol. The average Bonchev–Trinajstić information content (AvgIpc) is 3.17. The molecule has 1 aromatic carbocycles. The third kappa shape index (κ3) is 4.28. The Balaban J connectivity index is 1.66.